The Kier molecular flexibility index (Phi) is 6.47. The molecule has 180 valence electrons. The first-order valence-corrected chi connectivity index (χ1v) is 13.0. The lowest BCUT2D eigenvalue weighted by Gasteiger charge is -2.50. The van der Waals surface area contributed by atoms with Crippen molar-refractivity contribution >= 4 is 67.7 Å². The first-order valence-electron chi connectivity index (χ1n) is 11.1. The van der Waals surface area contributed by atoms with E-state index in [1.165, 1.54) is 22.2 Å². The van der Waals surface area contributed by atoms with E-state index in [9.17, 15) is 4.79 Å². The Morgan fingerprint density at radius 3 is 2.85 bits per heavy atom. The number of nitrogens with one attached hydrogen (secondary N) is 1. The normalized spacial score (nSPS) is 22.3. The number of H-pyrrole nitrogens is 1. The maximum atomic E-state index is 12.8. The third-order valence-corrected chi connectivity index (χ3v) is 8.03. The molecule has 1 aliphatic carbocycles. The highest BCUT2D eigenvalue weighted by Crippen LogP contribution is 2.50. The van der Waals surface area contributed by atoms with Crippen molar-refractivity contribution in [3.63, 3.8) is 0 Å². The van der Waals surface area contributed by atoms with Crippen LogP contribution in [0.4, 0.5) is 4.79 Å². The van der Waals surface area contributed by atoms with E-state index in [0.717, 1.165) is 35.0 Å². The van der Waals surface area contributed by atoms with E-state index in [1.54, 1.807) is 12.0 Å². The van der Waals surface area contributed by atoms with Crippen LogP contribution in [0.1, 0.15) is 23.2 Å². The number of alkyl halides is 3. The summed E-state index contributed by atoms with van der Waals surface area (Å²) in [6, 6.07) is 14.6. The van der Waals surface area contributed by atoms with Crippen LogP contribution in [0.15, 0.2) is 46.9 Å². The van der Waals surface area contributed by atoms with Gasteiger partial charge in [-0.2, -0.15) is 0 Å². The highest BCUT2D eigenvalue weighted by atomic mass is 79.9. The van der Waals surface area contributed by atoms with Crippen LogP contribution in [-0.2, 0) is 23.0 Å². The third kappa shape index (κ3) is 4.50. The highest BCUT2D eigenvalue weighted by Gasteiger charge is 2.49. The minimum atomic E-state index is -1.63. The number of halogens is 4. The number of likely N-dealkylation sites (tertiary alicyclic amines) is 1. The molecule has 5 rings (SSSR count). The second-order valence-electron chi connectivity index (χ2n) is 9.10. The second kappa shape index (κ2) is 9.12. The number of hydrogen-bond acceptors (Lipinski definition) is 3. The Balaban J connectivity index is 1.52. The van der Waals surface area contributed by atoms with Gasteiger partial charge in [0.25, 0.3) is 0 Å². The number of piperidine rings is 1. The van der Waals surface area contributed by atoms with Crippen molar-refractivity contribution in [1.82, 2.24) is 9.88 Å². The number of carbonyl (C=O) groups is 1. The molecule has 1 amide bonds. The number of benzene rings is 2. The van der Waals surface area contributed by atoms with Gasteiger partial charge in [-0.3, -0.25) is 0 Å². The number of aromatic amines is 1. The molecular weight excluding hydrogens is 563 g/mol. The molecule has 0 bridgehead atoms. The zero-order valence-electron chi connectivity index (χ0n) is 18.5. The van der Waals surface area contributed by atoms with E-state index in [0.29, 0.717) is 13.1 Å². The topological polar surface area (TPSA) is 54.6 Å². The predicted octanol–water partition coefficient (Wildman–Crippen LogP) is 6.80. The molecule has 1 aromatic heterocycles. The molecule has 2 heterocycles. The molecule has 2 aromatic carbocycles. The lowest BCUT2D eigenvalue weighted by atomic mass is 9.59. The van der Waals surface area contributed by atoms with Gasteiger partial charge in [-0.05, 0) is 66.6 Å². The van der Waals surface area contributed by atoms with Gasteiger partial charge in [0.05, 0.1) is 7.11 Å². The van der Waals surface area contributed by atoms with E-state index in [-0.39, 0.29) is 17.9 Å². The second-order valence-corrected chi connectivity index (χ2v) is 12.5. The van der Waals surface area contributed by atoms with Crippen molar-refractivity contribution in [2.24, 2.45) is 5.92 Å². The standard InChI is InChI=1S/C25H24BrCl3N2O3/c1-33-18-4-2-3-15(9-18)24-7-8-31(23(32)34-14-25(27,28)29)13-16(24)10-19-20-11-17(26)5-6-21(20)30-22(19)12-24/h2-6,9,11,16,30H,7-8,10,12-14H2,1H3. The van der Waals surface area contributed by atoms with Crippen molar-refractivity contribution in [3.8, 4) is 5.75 Å². The van der Waals surface area contributed by atoms with Gasteiger partial charge in [-0.25, -0.2) is 4.79 Å². The summed E-state index contributed by atoms with van der Waals surface area (Å²) in [5.74, 6) is 1.03. The van der Waals surface area contributed by atoms with E-state index in [1.807, 2.05) is 12.1 Å². The Morgan fingerprint density at radius 2 is 2.09 bits per heavy atom. The van der Waals surface area contributed by atoms with Crippen LogP contribution in [-0.4, -0.2) is 46.6 Å². The summed E-state index contributed by atoms with van der Waals surface area (Å²) in [6.45, 7) is 0.850. The van der Waals surface area contributed by atoms with Crippen LogP contribution >= 0.6 is 50.7 Å². The summed E-state index contributed by atoms with van der Waals surface area (Å²) < 4.78 is 10.3. The molecule has 1 N–H and O–H groups in total. The Hall–Kier alpha value is -1.60. The van der Waals surface area contributed by atoms with Crippen LogP contribution in [0.3, 0.4) is 0 Å². The molecular formula is C25H24BrCl3N2O3. The molecule has 1 aliphatic heterocycles. The summed E-state index contributed by atoms with van der Waals surface area (Å²) in [5.41, 5.74) is 4.81. The third-order valence-electron chi connectivity index (χ3n) is 7.21. The van der Waals surface area contributed by atoms with Crippen molar-refractivity contribution in [2.75, 3.05) is 26.8 Å². The fraction of sp³-hybridized carbons (Fsp3) is 0.400. The average molecular weight is 587 g/mol. The van der Waals surface area contributed by atoms with Crippen LogP contribution in [0.5, 0.6) is 5.75 Å². The van der Waals surface area contributed by atoms with E-state index >= 15 is 0 Å². The minimum absolute atomic E-state index is 0.133. The molecule has 1 saturated heterocycles. The first kappa shape index (κ1) is 24.1. The van der Waals surface area contributed by atoms with Crippen molar-refractivity contribution in [3.05, 3.63) is 63.8 Å². The lowest BCUT2D eigenvalue weighted by molar-refractivity contribution is 0.0539. The first-order chi connectivity index (χ1) is 16.2. The summed E-state index contributed by atoms with van der Waals surface area (Å²) in [5, 5.41) is 1.22. The number of fused-ring (bicyclic) bond motifs is 4. The molecule has 9 heteroatoms. The van der Waals surface area contributed by atoms with E-state index in [2.05, 4.69) is 51.2 Å². The van der Waals surface area contributed by atoms with E-state index < -0.39 is 9.89 Å². The molecule has 2 unspecified atom stereocenters. The van der Waals surface area contributed by atoms with Crippen molar-refractivity contribution in [1.29, 1.82) is 0 Å². The molecule has 0 radical (unpaired) electrons. The van der Waals surface area contributed by atoms with Crippen LogP contribution in [0.2, 0.25) is 0 Å². The average Bonchev–Trinajstić information content (AvgIpc) is 3.16. The molecule has 5 nitrogen and oxygen atoms in total. The Morgan fingerprint density at radius 1 is 1.26 bits per heavy atom. The fourth-order valence-corrected chi connectivity index (χ4v) is 6.13. The van der Waals surface area contributed by atoms with Gasteiger partial charge in [0.15, 0.2) is 0 Å². The summed E-state index contributed by atoms with van der Waals surface area (Å²) >= 11 is 21.0. The number of nitrogens with zero attached hydrogens (tertiary/aromatic N) is 1. The Labute approximate surface area is 221 Å². The SMILES string of the molecule is COc1cccc(C23CCN(C(=O)OCC(Cl)(Cl)Cl)CC2Cc2c([nH]c4ccc(Br)cc24)C3)c1. The van der Waals surface area contributed by atoms with Gasteiger partial charge in [0.1, 0.15) is 12.4 Å². The number of methoxy groups -OCH3 is 1. The number of carbonyl (C=O) groups excluding carboxylic acids is 1. The lowest BCUT2D eigenvalue weighted by Crippen LogP contribution is -2.55. The number of rotatable bonds is 3. The fourth-order valence-electron chi connectivity index (χ4n) is 5.60. The van der Waals surface area contributed by atoms with Crippen molar-refractivity contribution < 1.29 is 14.3 Å². The number of aromatic nitrogens is 1. The van der Waals surface area contributed by atoms with Gasteiger partial charge in [0.2, 0.25) is 3.79 Å². The predicted molar refractivity (Wildman–Crippen MR) is 139 cm³/mol. The number of ether oxygens (including phenoxy) is 2. The monoisotopic (exact) mass is 584 g/mol. The number of hydrogen-bond donors (Lipinski definition) is 1. The van der Waals surface area contributed by atoms with E-state index in [4.69, 9.17) is 44.3 Å². The number of amides is 1. The van der Waals surface area contributed by atoms with Crippen LogP contribution < -0.4 is 4.74 Å². The summed E-state index contributed by atoms with van der Waals surface area (Å²) in [7, 11) is 1.69. The smallest absolute Gasteiger partial charge is 0.409 e. The minimum Gasteiger partial charge on any atom is -0.497 e. The molecule has 0 saturated carbocycles. The molecule has 2 atom stereocenters. The summed E-state index contributed by atoms with van der Waals surface area (Å²) in [4.78, 5) is 18.2. The maximum Gasteiger partial charge on any atom is 0.409 e. The quantitative estimate of drug-likeness (QED) is 0.344. The van der Waals surface area contributed by atoms with Crippen LogP contribution in [0, 0.1) is 5.92 Å². The van der Waals surface area contributed by atoms with Gasteiger partial charge >= 0.3 is 6.09 Å². The Bertz CT molecular complexity index is 1240. The summed E-state index contributed by atoms with van der Waals surface area (Å²) in [6.07, 6.45) is 2.06. The highest BCUT2D eigenvalue weighted by molar-refractivity contribution is 9.10. The molecule has 34 heavy (non-hydrogen) atoms. The molecule has 1 fully saturated rings. The molecule has 0 spiro atoms. The molecule has 3 aromatic rings. The maximum absolute atomic E-state index is 12.8. The zero-order chi connectivity index (χ0) is 24.1. The van der Waals surface area contributed by atoms with Gasteiger partial charge < -0.3 is 19.4 Å². The van der Waals surface area contributed by atoms with Crippen LogP contribution in [0.25, 0.3) is 10.9 Å². The van der Waals surface area contributed by atoms with Crippen molar-refractivity contribution in [2.45, 2.75) is 28.5 Å². The zero-order valence-corrected chi connectivity index (χ0v) is 22.4. The van der Waals surface area contributed by atoms with Gasteiger partial charge in [-0.15, -0.1) is 0 Å². The van der Waals surface area contributed by atoms with Gasteiger partial charge in [-0.1, -0.05) is 62.9 Å². The molecule has 2 aliphatic rings. The van der Waals surface area contributed by atoms with Gasteiger partial charge in [0, 0.05) is 39.6 Å². The largest absolute Gasteiger partial charge is 0.497 e.